The van der Waals surface area contributed by atoms with E-state index in [-0.39, 0.29) is 30.9 Å². The molecule has 2 unspecified atom stereocenters. The van der Waals surface area contributed by atoms with Crippen LogP contribution in [-0.4, -0.2) is 37.1 Å². The predicted molar refractivity (Wildman–Crippen MR) is 75.1 cm³/mol. The van der Waals surface area contributed by atoms with E-state index in [0.717, 1.165) is 19.4 Å². The van der Waals surface area contributed by atoms with Crippen molar-refractivity contribution < 1.29 is 9.53 Å². The average molecular weight is 291 g/mol. The second-order valence-corrected chi connectivity index (χ2v) is 4.99. The number of carbonyl (C=O) groups excluding carboxylic acids is 1. The molecule has 102 valence electrons. The molecule has 1 aromatic heterocycles. The predicted octanol–water partition coefficient (Wildman–Crippen LogP) is 1.81. The molecule has 1 saturated heterocycles. The molecule has 1 aromatic rings. The lowest BCUT2D eigenvalue weighted by Gasteiger charge is -2.27. The van der Waals surface area contributed by atoms with E-state index in [1.54, 1.807) is 11.3 Å². The molecule has 1 amide bonds. The Morgan fingerprint density at radius 1 is 1.72 bits per heavy atom. The first kappa shape index (κ1) is 15.4. The maximum atomic E-state index is 12.2. The van der Waals surface area contributed by atoms with Crippen molar-refractivity contribution in [2.45, 2.75) is 25.0 Å². The summed E-state index contributed by atoms with van der Waals surface area (Å²) in [6, 6.07) is 2.29. The van der Waals surface area contributed by atoms with Crippen LogP contribution in [0.1, 0.15) is 24.4 Å². The maximum absolute atomic E-state index is 12.2. The summed E-state index contributed by atoms with van der Waals surface area (Å²) in [5, 5.41) is 4.16. The molecule has 0 bridgehead atoms. The zero-order valence-electron chi connectivity index (χ0n) is 10.4. The van der Waals surface area contributed by atoms with E-state index in [1.165, 1.54) is 12.7 Å². The van der Waals surface area contributed by atoms with Crippen LogP contribution in [0.15, 0.2) is 16.8 Å². The Kier molecular flexibility index (Phi) is 6.08. The van der Waals surface area contributed by atoms with Gasteiger partial charge in [0.1, 0.15) is 6.10 Å². The van der Waals surface area contributed by atoms with Gasteiger partial charge in [-0.05, 0) is 35.2 Å². The third kappa shape index (κ3) is 3.03. The Balaban J connectivity index is 0.00000162. The SMILES string of the molecule is COC(CN)C(=O)N1CCCC1c1ccsc1.Cl. The minimum Gasteiger partial charge on any atom is -0.370 e. The summed E-state index contributed by atoms with van der Waals surface area (Å²) in [5.74, 6) is 0.0173. The van der Waals surface area contributed by atoms with Crippen molar-refractivity contribution in [1.82, 2.24) is 4.90 Å². The van der Waals surface area contributed by atoms with Crippen LogP contribution in [0.5, 0.6) is 0 Å². The molecule has 0 spiro atoms. The Morgan fingerprint density at radius 3 is 3.06 bits per heavy atom. The van der Waals surface area contributed by atoms with Gasteiger partial charge in [-0.2, -0.15) is 11.3 Å². The monoisotopic (exact) mass is 290 g/mol. The van der Waals surface area contributed by atoms with Gasteiger partial charge in [-0.3, -0.25) is 4.79 Å². The first-order valence-electron chi connectivity index (χ1n) is 5.83. The summed E-state index contributed by atoms with van der Waals surface area (Å²) in [6.45, 7) is 1.04. The third-order valence-corrected chi connectivity index (χ3v) is 3.94. The zero-order valence-corrected chi connectivity index (χ0v) is 12.0. The lowest BCUT2D eigenvalue weighted by atomic mass is 10.1. The molecule has 2 rings (SSSR count). The number of halogens is 1. The molecule has 2 heterocycles. The van der Waals surface area contributed by atoms with Gasteiger partial charge >= 0.3 is 0 Å². The van der Waals surface area contributed by atoms with Crippen LogP contribution < -0.4 is 5.73 Å². The van der Waals surface area contributed by atoms with Gasteiger partial charge in [0, 0.05) is 20.2 Å². The Hall–Kier alpha value is -0.620. The van der Waals surface area contributed by atoms with Gasteiger partial charge in [0.15, 0.2) is 0 Å². The second kappa shape index (κ2) is 7.09. The first-order chi connectivity index (χ1) is 8.27. The van der Waals surface area contributed by atoms with Crippen LogP contribution in [0, 0.1) is 0 Å². The molecule has 6 heteroatoms. The van der Waals surface area contributed by atoms with Gasteiger partial charge in [-0.1, -0.05) is 0 Å². The van der Waals surface area contributed by atoms with Gasteiger partial charge in [0.2, 0.25) is 0 Å². The van der Waals surface area contributed by atoms with Crippen LogP contribution in [0.3, 0.4) is 0 Å². The second-order valence-electron chi connectivity index (χ2n) is 4.21. The maximum Gasteiger partial charge on any atom is 0.253 e. The number of likely N-dealkylation sites (tertiary alicyclic amines) is 1. The zero-order chi connectivity index (χ0) is 12.3. The summed E-state index contributed by atoms with van der Waals surface area (Å²) in [7, 11) is 1.53. The molecule has 4 nitrogen and oxygen atoms in total. The van der Waals surface area contributed by atoms with Gasteiger partial charge < -0.3 is 15.4 Å². The van der Waals surface area contributed by atoms with Crippen LogP contribution in [-0.2, 0) is 9.53 Å². The number of amides is 1. The highest BCUT2D eigenvalue weighted by Gasteiger charge is 2.33. The van der Waals surface area contributed by atoms with E-state index >= 15 is 0 Å². The van der Waals surface area contributed by atoms with Crippen LogP contribution in [0.4, 0.5) is 0 Å². The smallest absolute Gasteiger partial charge is 0.253 e. The van der Waals surface area contributed by atoms with Crippen LogP contribution in [0.25, 0.3) is 0 Å². The summed E-state index contributed by atoms with van der Waals surface area (Å²) in [4.78, 5) is 14.1. The van der Waals surface area contributed by atoms with Gasteiger partial charge in [-0.15, -0.1) is 12.4 Å². The largest absolute Gasteiger partial charge is 0.370 e. The number of hydrogen-bond donors (Lipinski definition) is 1. The van der Waals surface area contributed by atoms with E-state index in [1.807, 2.05) is 10.3 Å². The highest BCUT2D eigenvalue weighted by atomic mass is 35.5. The van der Waals surface area contributed by atoms with Gasteiger partial charge in [0.05, 0.1) is 6.04 Å². The first-order valence-corrected chi connectivity index (χ1v) is 6.77. The molecule has 2 atom stereocenters. The Morgan fingerprint density at radius 2 is 2.50 bits per heavy atom. The topological polar surface area (TPSA) is 55.6 Å². The number of methoxy groups -OCH3 is 1. The molecule has 1 aliphatic heterocycles. The van der Waals surface area contributed by atoms with Crippen molar-refractivity contribution in [2.24, 2.45) is 5.73 Å². The lowest BCUT2D eigenvalue weighted by molar-refractivity contribution is -0.142. The van der Waals surface area contributed by atoms with E-state index < -0.39 is 6.10 Å². The lowest BCUT2D eigenvalue weighted by Crippen LogP contribution is -2.43. The van der Waals surface area contributed by atoms with E-state index in [2.05, 4.69) is 11.4 Å². The third-order valence-electron chi connectivity index (χ3n) is 3.24. The number of carbonyl (C=O) groups is 1. The normalized spacial score (nSPS) is 20.6. The summed E-state index contributed by atoms with van der Waals surface area (Å²) >= 11 is 1.67. The van der Waals surface area contributed by atoms with Crippen molar-refractivity contribution in [3.05, 3.63) is 22.4 Å². The minimum atomic E-state index is -0.505. The number of thiophene rings is 1. The molecule has 2 N–H and O–H groups in total. The van der Waals surface area contributed by atoms with Crippen molar-refractivity contribution in [3.63, 3.8) is 0 Å². The summed E-state index contributed by atoms with van der Waals surface area (Å²) < 4.78 is 5.13. The summed E-state index contributed by atoms with van der Waals surface area (Å²) in [5.41, 5.74) is 6.77. The number of hydrogen-bond acceptors (Lipinski definition) is 4. The van der Waals surface area contributed by atoms with E-state index in [9.17, 15) is 4.79 Å². The molecule has 1 aliphatic rings. The molecule has 1 fully saturated rings. The van der Waals surface area contributed by atoms with Gasteiger partial charge in [0.25, 0.3) is 5.91 Å². The van der Waals surface area contributed by atoms with Crippen molar-refractivity contribution >= 4 is 29.7 Å². The standard InChI is InChI=1S/C12H18N2O2S.ClH/c1-16-11(7-13)12(15)14-5-2-3-10(14)9-4-6-17-8-9;/h4,6,8,10-11H,2-3,5,7,13H2,1H3;1H. The van der Waals surface area contributed by atoms with Crippen molar-refractivity contribution in [1.29, 1.82) is 0 Å². The molecule has 18 heavy (non-hydrogen) atoms. The molecule has 0 aromatic carbocycles. The quantitative estimate of drug-likeness (QED) is 0.920. The number of nitrogens with two attached hydrogens (primary N) is 1. The fourth-order valence-electron chi connectivity index (χ4n) is 2.32. The van der Waals surface area contributed by atoms with Crippen LogP contribution in [0.2, 0.25) is 0 Å². The van der Waals surface area contributed by atoms with E-state index in [0.29, 0.717) is 0 Å². The Bertz CT molecular complexity index is 368. The molecule has 0 radical (unpaired) electrons. The summed E-state index contributed by atoms with van der Waals surface area (Å²) in [6.07, 6.45) is 1.57. The molecular formula is C12H19ClN2O2S. The van der Waals surface area contributed by atoms with Gasteiger partial charge in [-0.25, -0.2) is 0 Å². The highest BCUT2D eigenvalue weighted by molar-refractivity contribution is 7.07. The molecule has 0 aliphatic carbocycles. The molecular weight excluding hydrogens is 272 g/mol. The number of nitrogens with zero attached hydrogens (tertiary/aromatic N) is 1. The van der Waals surface area contributed by atoms with Crippen molar-refractivity contribution in [3.8, 4) is 0 Å². The number of ether oxygens (including phenoxy) is 1. The fraction of sp³-hybridized carbons (Fsp3) is 0.583. The fourth-order valence-corrected chi connectivity index (χ4v) is 3.03. The van der Waals surface area contributed by atoms with Crippen molar-refractivity contribution in [2.75, 3.05) is 20.2 Å². The van der Waals surface area contributed by atoms with Crippen LogP contribution >= 0.6 is 23.7 Å². The van der Waals surface area contributed by atoms with E-state index in [4.69, 9.17) is 10.5 Å². The minimum absolute atomic E-state index is 0. The number of rotatable bonds is 4. The highest BCUT2D eigenvalue weighted by Crippen LogP contribution is 2.33. The Labute approximate surface area is 118 Å². The average Bonchev–Trinajstić information content (AvgIpc) is 3.01. The molecule has 0 saturated carbocycles.